The first-order chi connectivity index (χ1) is 17.1. The van der Waals surface area contributed by atoms with Crippen LogP contribution >= 0.6 is 0 Å². The topological polar surface area (TPSA) is 101 Å². The molecule has 1 heterocycles. The molecule has 0 aromatic heterocycles. The van der Waals surface area contributed by atoms with Crippen molar-refractivity contribution in [3.8, 4) is 5.75 Å². The Balaban J connectivity index is 1.74. The van der Waals surface area contributed by atoms with Crippen molar-refractivity contribution in [3.63, 3.8) is 0 Å². The zero-order chi connectivity index (χ0) is 26.0. The Morgan fingerprint density at radius 1 is 1.00 bits per heavy atom. The molecule has 0 aliphatic carbocycles. The summed E-state index contributed by atoms with van der Waals surface area (Å²) in [5.74, 6) is -2.18. The molecule has 10 heteroatoms. The van der Waals surface area contributed by atoms with Gasteiger partial charge in [-0.2, -0.15) is 4.31 Å². The van der Waals surface area contributed by atoms with Crippen molar-refractivity contribution in [3.05, 3.63) is 90.2 Å². The molecule has 0 spiro atoms. The lowest BCUT2D eigenvalue weighted by atomic mass is 10.1. The predicted octanol–water partition coefficient (Wildman–Crippen LogP) is 3.84. The smallest absolute Gasteiger partial charge is 0.308 e. The van der Waals surface area contributed by atoms with Crippen LogP contribution in [0.2, 0.25) is 0 Å². The minimum absolute atomic E-state index is 0.198. The maximum absolute atomic E-state index is 13.8. The van der Waals surface area contributed by atoms with Crippen LogP contribution in [0.25, 0.3) is 0 Å². The summed E-state index contributed by atoms with van der Waals surface area (Å²) in [5.41, 5.74) is 0.836. The summed E-state index contributed by atoms with van der Waals surface area (Å²) in [6, 6.07) is 16.6. The van der Waals surface area contributed by atoms with Crippen LogP contribution in [-0.4, -0.2) is 36.5 Å². The average Bonchev–Trinajstić information content (AvgIpc) is 3.13. The molecule has 2 unspecified atom stereocenters. The highest BCUT2D eigenvalue weighted by Gasteiger charge is 2.49. The fourth-order valence-electron chi connectivity index (χ4n) is 4.17. The van der Waals surface area contributed by atoms with Gasteiger partial charge in [-0.1, -0.05) is 30.3 Å². The van der Waals surface area contributed by atoms with Gasteiger partial charge in [0.25, 0.3) is 5.91 Å². The quantitative estimate of drug-likeness (QED) is 0.272. The fraction of sp³-hybridized carbons (Fsp3) is 0.192. The van der Waals surface area contributed by atoms with Gasteiger partial charge in [-0.05, 0) is 61.0 Å². The molecular formula is C26H23FN2O6S. The number of carbonyl (C=O) groups excluding carboxylic acids is 3. The first-order valence-electron chi connectivity index (χ1n) is 11.1. The normalized spacial score (nSPS) is 16.9. The number of hydrogen-bond acceptors (Lipinski definition) is 6. The third kappa shape index (κ3) is 4.91. The van der Waals surface area contributed by atoms with Gasteiger partial charge in [0.05, 0.1) is 17.0 Å². The fourth-order valence-corrected chi connectivity index (χ4v) is 5.93. The molecule has 0 saturated carbocycles. The molecule has 36 heavy (non-hydrogen) atoms. The number of hydrogen-bond donors (Lipinski definition) is 0. The molecule has 1 fully saturated rings. The molecule has 0 N–H and O–H groups in total. The first-order valence-corrected chi connectivity index (χ1v) is 12.5. The van der Waals surface area contributed by atoms with Crippen LogP contribution in [0.5, 0.6) is 5.75 Å². The zero-order valence-electron chi connectivity index (χ0n) is 19.5. The van der Waals surface area contributed by atoms with Crippen LogP contribution < -0.4 is 9.64 Å². The van der Waals surface area contributed by atoms with Crippen molar-refractivity contribution < 1.29 is 31.9 Å². The van der Waals surface area contributed by atoms with Crippen molar-refractivity contribution in [1.82, 2.24) is 4.31 Å². The second kappa shape index (κ2) is 10.00. The lowest BCUT2D eigenvalue weighted by molar-refractivity contribution is -0.132. The van der Waals surface area contributed by atoms with Gasteiger partial charge >= 0.3 is 5.97 Å². The third-order valence-corrected chi connectivity index (χ3v) is 7.83. The molecule has 0 bridgehead atoms. The molecule has 3 aromatic rings. The monoisotopic (exact) mass is 510 g/mol. The van der Waals surface area contributed by atoms with E-state index >= 15 is 0 Å². The van der Waals surface area contributed by atoms with Crippen LogP contribution in [0.15, 0.2) is 83.8 Å². The van der Waals surface area contributed by atoms with E-state index in [1.54, 1.807) is 37.3 Å². The summed E-state index contributed by atoms with van der Waals surface area (Å²) in [4.78, 5) is 38.4. The van der Waals surface area contributed by atoms with Crippen molar-refractivity contribution in [2.45, 2.75) is 37.2 Å². The largest absolute Gasteiger partial charge is 0.427 e. The summed E-state index contributed by atoms with van der Waals surface area (Å²) in [6.07, 6.45) is -0.373. The number of carbonyl (C=O) groups is 3. The molecule has 2 atom stereocenters. The number of halogens is 1. The molecule has 1 aliphatic rings. The van der Waals surface area contributed by atoms with Crippen LogP contribution in [0, 0.1) is 5.82 Å². The SMILES string of the molecule is CC(=O)Oc1ccc(N2C(=O)CC(N(C(C)c3ccccc3)S(=O)(=O)c3ccc(F)cc3)C2=O)cc1. The number of rotatable bonds is 7. The Kier molecular flexibility index (Phi) is 7.00. The average molecular weight is 511 g/mol. The predicted molar refractivity (Wildman–Crippen MR) is 129 cm³/mol. The van der Waals surface area contributed by atoms with E-state index in [0.717, 1.165) is 33.5 Å². The van der Waals surface area contributed by atoms with E-state index in [9.17, 15) is 27.2 Å². The first kappa shape index (κ1) is 25.2. The second-order valence-electron chi connectivity index (χ2n) is 8.25. The molecule has 3 aromatic carbocycles. The molecule has 2 amide bonds. The number of imide groups is 1. The van der Waals surface area contributed by atoms with Crippen LogP contribution in [0.3, 0.4) is 0 Å². The van der Waals surface area contributed by atoms with Crippen molar-refractivity contribution in [1.29, 1.82) is 0 Å². The maximum atomic E-state index is 13.8. The minimum Gasteiger partial charge on any atom is -0.427 e. The van der Waals surface area contributed by atoms with E-state index in [0.29, 0.717) is 5.56 Å². The molecular weight excluding hydrogens is 487 g/mol. The van der Waals surface area contributed by atoms with E-state index in [-0.39, 0.29) is 22.8 Å². The van der Waals surface area contributed by atoms with E-state index in [1.807, 2.05) is 0 Å². The number of benzene rings is 3. The summed E-state index contributed by atoms with van der Waals surface area (Å²) < 4.78 is 47.0. The van der Waals surface area contributed by atoms with Crippen molar-refractivity contribution in [2.24, 2.45) is 0 Å². The summed E-state index contributed by atoms with van der Waals surface area (Å²) in [5, 5.41) is 0. The van der Waals surface area contributed by atoms with E-state index in [1.165, 1.54) is 31.2 Å². The van der Waals surface area contributed by atoms with E-state index < -0.39 is 45.7 Å². The molecule has 1 aliphatic heterocycles. The van der Waals surface area contributed by atoms with E-state index in [2.05, 4.69) is 0 Å². The summed E-state index contributed by atoms with van der Waals surface area (Å²) in [7, 11) is -4.32. The highest BCUT2D eigenvalue weighted by atomic mass is 32.2. The molecule has 186 valence electrons. The third-order valence-electron chi connectivity index (χ3n) is 5.84. The van der Waals surface area contributed by atoms with Gasteiger partial charge < -0.3 is 4.74 Å². The molecule has 4 rings (SSSR count). The number of anilines is 1. The lowest BCUT2D eigenvalue weighted by Gasteiger charge is -2.32. The van der Waals surface area contributed by atoms with Crippen molar-refractivity contribution in [2.75, 3.05) is 4.90 Å². The second-order valence-corrected chi connectivity index (χ2v) is 10.1. The lowest BCUT2D eigenvalue weighted by Crippen LogP contribution is -2.46. The Labute approximate surface area is 208 Å². The number of ether oxygens (including phenoxy) is 1. The van der Waals surface area contributed by atoms with Crippen LogP contribution in [0.1, 0.15) is 31.9 Å². The van der Waals surface area contributed by atoms with Gasteiger partial charge in [0.1, 0.15) is 17.6 Å². The van der Waals surface area contributed by atoms with E-state index in [4.69, 9.17) is 4.74 Å². The zero-order valence-corrected chi connectivity index (χ0v) is 20.3. The molecule has 1 saturated heterocycles. The Hall–Kier alpha value is -3.89. The number of nitrogens with zero attached hydrogens (tertiary/aromatic N) is 2. The molecule has 0 radical (unpaired) electrons. The highest BCUT2D eigenvalue weighted by Crippen LogP contribution is 2.36. The number of amides is 2. The van der Waals surface area contributed by atoms with Crippen molar-refractivity contribution >= 4 is 33.5 Å². The van der Waals surface area contributed by atoms with Gasteiger partial charge in [0.15, 0.2) is 0 Å². The van der Waals surface area contributed by atoms with Crippen LogP contribution in [0.4, 0.5) is 10.1 Å². The van der Waals surface area contributed by atoms with Gasteiger partial charge in [-0.3, -0.25) is 14.4 Å². The number of sulfonamides is 1. The number of esters is 1. The van der Waals surface area contributed by atoms with Gasteiger partial charge in [-0.25, -0.2) is 17.7 Å². The maximum Gasteiger partial charge on any atom is 0.308 e. The Morgan fingerprint density at radius 2 is 1.61 bits per heavy atom. The Morgan fingerprint density at radius 3 is 2.19 bits per heavy atom. The summed E-state index contributed by atoms with van der Waals surface area (Å²) >= 11 is 0. The van der Waals surface area contributed by atoms with Gasteiger partial charge in [-0.15, -0.1) is 0 Å². The van der Waals surface area contributed by atoms with Gasteiger partial charge in [0.2, 0.25) is 15.9 Å². The molecule has 8 nitrogen and oxygen atoms in total. The minimum atomic E-state index is -4.32. The standard InChI is InChI=1S/C26H23FN2O6S/c1-17(19-6-4-3-5-7-19)29(36(33,34)23-14-8-20(27)9-15-23)24-16-25(31)28(26(24)32)21-10-12-22(13-11-21)35-18(2)30/h3-15,17,24H,16H2,1-2H3. The highest BCUT2D eigenvalue weighted by molar-refractivity contribution is 7.89. The van der Waals surface area contributed by atoms with Gasteiger partial charge in [0, 0.05) is 13.0 Å². The Bertz CT molecular complexity index is 1390. The summed E-state index contributed by atoms with van der Waals surface area (Å²) in [6.45, 7) is 2.88. The van der Waals surface area contributed by atoms with Crippen LogP contribution in [-0.2, 0) is 24.4 Å².